The van der Waals surface area contributed by atoms with Gasteiger partial charge in [-0.05, 0) is 49.2 Å². The molecule has 2 heterocycles. The van der Waals surface area contributed by atoms with E-state index in [-0.39, 0.29) is 11.8 Å². The Balaban J connectivity index is 1.43. The third-order valence-electron chi connectivity index (χ3n) is 4.22. The van der Waals surface area contributed by atoms with E-state index in [2.05, 4.69) is 20.4 Å². The molecule has 1 N–H and O–H groups in total. The van der Waals surface area contributed by atoms with E-state index in [1.807, 2.05) is 30.3 Å². The first-order valence-corrected chi connectivity index (χ1v) is 10.3. The third kappa shape index (κ3) is 5.50. The summed E-state index contributed by atoms with van der Waals surface area (Å²) in [5.74, 6) is 1.67. The predicted octanol–water partition coefficient (Wildman–Crippen LogP) is 3.91. The number of hydrogen-bond acceptors (Lipinski definition) is 5. The van der Waals surface area contributed by atoms with Crippen molar-refractivity contribution in [2.75, 3.05) is 30.3 Å². The first-order valence-electron chi connectivity index (χ1n) is 8.52. The van der Waals surface area contributed by atoms with Gasteiger partial charge in [0.15, 0.2) is 11.0 Å². The summed E-state index contributed by atoms with van der Waals surface area (Å²) in [7, 11) is 0. The Labute approximate surface area is 167 Å². The molecule has 1 fully saturated rings. The molecule has 138 valence electrons. The van der Waals surface area contributed by atoms with Gasteiger partial charge in [0.2, 0.25) is 5.91 Å². The summed E-state index contributed by atoms with van der Waals surface area (Å²) in [6.45, 7) is 2.18. The summed E-state index contributed by atoms with van der Waals surface area (Å²) in [6, 6.07) is 11.3. The van der Waals surface area contributed by atoms with Crippen LogP contribution in [0.5, 0.6) is 0 Å². The van der Waals surface area contributed by atoms with Crippen molar-refractivity contribution in [2.45, 2.75) is 17.7 Å². The molecule has 0 aliphatic carbocycles. The standard InChI is InChI=1S/C18H20Cl2N4OS/c19-14-3-5-15(6-4-14)26-11-9-21-18(25)13-2-1-10-24(12-13)17-8-7-16(20)22-23-17/h3-8,13H,1-2,9-12H2,(H,21,25)/t13-/m0/s1. The van der Waals surface area contributed by atoms with E-state index in [0.717, 1.165) is 40.9 Å². The second-order valence-corrected chi connectivity index (χ2v) is 8.08. The maximum atomic E-state index is 12.5. The van der Waals surface area contributed by atoms with Gasteiger partial charge in [-0.2, -0.15) is 0 Å². The highest BCUT2D eigenvalue weighted by Gasteiger charge is 2.26. The van der Waals surface area contributed by atoms with Crippen molar-refractivity contribution in [3.05, 3.63) is 46.6 Å². The lowest BCUT2D eigenvalue weighted by atomic mass is 9.97. The van der Waals surface area contributed by atoms with Crippen molar-refractivity contribution in [1.29, 1.82) is 0 Å². The van der Waals surface area contributed by atoms with E-state index in [0.29, 0.717) is 18.2 Å². The molecule has 1 atom stereocenters. The van der Waals surface area contributed by atoms with E-state index in [1.54, 1.807) is 17.8 Å². The van der Waals surface area contributed by atoms with Crippen LogP contribution in [0.15, 0.2) is 41.3 Å². The van der Waals surface area contributed by atoms with E-state index in [1.165, 1.54) is 0 Å². The van der Waals surface area contributed by atoms with Crippen LogP contribution in [-0.2, 0) is 4.79 Å². The van der Waals surface area contributed by atoms with Gasteiger partial charge in [0.1, 0.15) is 0 Å². The fraction of sp³-hybridized carbons (Fsp3) is 0.389. The first kappa shape index (κ1) is 19.3. The number of nitrogens with one attached hydrogen (secondary N) is 1. The quantitative estimate of drug-likeness (QED) is 0.577. The maximum Gasteiger partial charge on any atom is 0.224 e. The molecule has 0 unspecified atom stereocenters. The minimum absolute atomic E-state index is 0.0261. The molecule has 1 saturated heterocycles. The molecule has 0 saturated carbocycles. The number of carbonyl (C=O) groups is 1. The highest BCUT2D eigenvalue weighted by molar-refractivity contribution is 7.99. The highest BCUT2D eigenvalue weighted by Crippen LogP contribution is 2.22. The molecule has 1 aromatic carbocycles. The zero-order chi connectivity index (χ0) is 18.4. The number of rotatable bonds is 6. The lowest BCUT2D eigenvalue weighted by Crippen LogP contribution is -2.43. The van der Waals surface area contributed by atoms with Gasteiger partial charge in [-0.15, -0.1) is 22.0 Å². The molecule has 8 heteroatoms. The van der Waals surface area contributed by atoms with Gasteiger partial charge in [-0.1, -0.05) is 23.2 Å². The Morgan fingerprint density at radius 3 is 2.73 bits per heavy atom. The fourth-order valence-electron chi connectivity index (χ4n) is 2.90. The minimum atomic E-state index is -0.0261. The molecule has 1 aliphatic heterocycles. The molecule has 26 heavy (non-hydrogen) atoms. The number of carbonyl (C=O) groups excluding carboxylic acids is 1. The van der Waals surface area contributed by atoms with Gasteiger partial charge in [-0.3, -0.25) is 4.79 Å². The van der Waals surface area contributed by atoms with Crippen LogP contribution < -0.4 is 10.2 Å². The normalized spacial score (nSPS) is 17.2. The zero-order valence-electron chi connectivity index (χ0n) is 14.2. The van der Waals surface area contributed by atoms with E-state index in [4.69, 9.17) is 23.2 Å². The molecule has 1 aromatic heterocycles. The summed E-state index contributed by atoms with van der Waals surface area (Å²) < 4.78 is 0. The van der Waals surface area contributed by atoms with Crippen molar-refractivity contribution >= 4 is 46.7 Å². The molecule has 1 aliphatic rings. The lowest BCUT2D eigenvalue weighted by molar-refractivity contribution is -0.125. The Bertz CT molecular complexity index is 727. The van der Waals surface area contributed by atoms with Gasteiger partial charge in [0.25, 0.3) is 0 Å². The van der Waals surface area contributed by atoms with Crippen LogP contribution >= 0.6 is 35.0 Å². The van der Waals surface area contributed by atoms with Crippen molar-refractivity contribution in [3.63, 3.8) is 0 Å². The molecule has 1 amide bonds. The maximum absolute atomic E-state index is 12.5. The summed E-state index contributed by atoms with van der Waals surface area (Å²) >= 11 is 13.4. The number of benzene rings is 1. The zero-order valence-corrected chi connectivity index (χ0v) is 16.5. The molecular formula is C18H20Cl2N4OS. The van der Waals surface area contributed by atoms with Gasteiger partial charge in [-0.25, -0.2) is 0 Å². The lowest BCUT2D eigenvalue weighted by Gasteiger charge is -2.32. The van der Waals surface area contributed by atoms with Crippen LogP contribution in [0.3, 0.4) is 0 Å². The molecule has 3 rings (SSSR count). The van der Waals surface area contributed by atoms with Crippen LogP contribution in [0, 0.1) is 5.92 Å². The number of piperidine rings is 1. The van der Waals surface area contributed by atoms with Crippen molar-refractivity contribution < 1.29 is 4.79 Å². The highest BCUT2D eigenvalue weighted by atomic mass is 35.5. The summed E-state index contributed by atoms with van der Waals surface area (Å²) in [5, 5.41) is 12.1. The monoisotopic (exact) mass is 410 g/mol. The number of halogens is 2. The second kappa shape index (κ2) is 9.44. The Hall–Kier alpha value is -1.50. The molecule has 0 bridgehead atoms. The van der Waals surface area contributed by atoms with E-state index >= 15 is 0 Å². The van der Waals surface area contributed by atoms with Crippen LogP contribution in [0.2, 0.25) is 10.2 Å². The number of aromatic nitrogens is 2. The second-order valence-electron chi connectivity index (χ2n) is 6.09. The first-order chi connectivity index (χ1) is 12.6. The predicted molar refractivity (Wildman–Crippen MR) is 107 cm³/mol. The number of hydrogen-bond donors (Lipinski definition) is 1. The average Bonchev–Trinajstić information content (AvgIpc) is 2.67. The fourth-order valence-corrected chi connectivity index (χ4v) is 3.89. The van der Waals surface area contributed by atoms with Gasteiger partial charge in [0, 0.05) is 35.3 Å². The van der Waals surface area contributed by atoms with Crippen LogP contribution in [0.1, 0.15) is 12.8 Å². The number of anilines is 1. The van der Waals surface area contributed by atoms with Crippen molar-refractivity contribution in [3.8, 4) is 0 Å². The topological polar surface area (TPSA) is 58.1 Å². The Kier molecular flexibility index (Phi) is 7.00. The molecule has 2 aromatic rings. The summed E-state index contributed by atoms with van der Waals surface area (Å²) in [5.41, 5.74) is 0. The van der Waals surface area contributed by atoms with Crippen molar-refractivity contribution in [1.82, 2.24) is 15.5 Å². The number of amides is 1. The molecule has 0 radical (unpaired) electrons. The van der Waals surface area contributed by atoms with Crippen LogP contribution in [-0.4, -0.2) is 41.5 Å². The van der Waals surface area contributed by atoms with Gasteiger partial charge < -0.3 is 10.2 Å². The Morgan fingerprint density at radius 1 is 1.19 bits per heavy atom. The molecule has 5 nitrogen and oxygen atoms in total. The molecular weight excluding hydrogens is 391 g/mol. The largest absolute Gasteiger partial charge is 0.355 e. The number of thioether (sulfide) groups is 1. The van der Waals surface area contributed by atoms with E-state index in [9.17, 15) is 4.79 Å². The van der Waals surface area contributed by atoms with E-state index < -0.39 is 0 Å². The Morgan fingerprint density at radius 2 is 2.00 bits per heavy atom. The minimum Gasteiger partial charge on any atom is -0.355 e. The SMILES string of the molecule is O=C(NCCSc1ccc(Cl)cc1)[C@H]1CCCN(c2ccc(Cl)nn2)C1. The third-order valence-corrected chi connectivity index (χ3v) is 5.69. The number of nitrogens with zero attached hydrogens (tertiary/aromatic N) is 3. The molecule has 0 spiro atoms. The summed E-state index contributed by atoms with van der Waals surface area (Å²) in [6.07, 6.45) is 1.86. The van der Waals surface area contributed by atoms with Crippen LogP contribution in [0.4, 0.5) is 5.82 Å². The van der Waals surface area contributed by atoms with Gasteiger partial charge in [0.05, 0.1) is 5.92 Å². The van der Waals surface area contributed by atoms with Gasteiger partial charge >= 0.3 is 0 Å². The summed E-state index contributed by atoms with van der Waals surface area (Å²) in [4.78, 5) is 15.7. The van der Waals surface area contributed by atoms with Crippen molar-refractivity contribution in [2.24, 2.45) is 5.92 Å². The average molecular weight is 411 g/mol. The van der Waals surface area contributed by atoms with Crippen LogP contribution in [0.25, 0.3) is 0 Å². The smallest absolute Gasteiger partial charge is 0.224 e.